The molecule has 1 aromatic rings. The highest BCUT2D eigenvalue weighted by molar-refractivity contribution is 5.67. The largest absolute Gasteiger partial charge is 0.444 e. The minimum absolute atomic E-state index is 0.326. The molecule has 2 unspecified atom stereocenters. The van der Waals surface area contributed by atoms with E-state index in [0.717, 1.165) is 13.0 Å². The van der Waals surface area contributed by atoms with E-state index in [1.807, 2.05) is 20.8 Å². The molecule has 1 fully saturated rings. The fourth-order valence-corrected chi connectivity index (χ4v) is 2.85. The summed E-state index contributed by atoms with van der Waals surface area (Å²) in [5, 5.41) is 6.54. The molecule has 0 spiro atoms. The first-order valence-electron chi connectivity index (χ1n) is 9.10. The van der Waals surface area contributed by atoms with Crippen LogP contribution in [-0.4, -0.2) is 30.8 Å². The van der Waals surface area contributed by atoms with Gasteiger partial charge in [0.05, 0.1) is 0 Å². The van der Waals surface area contributed by atoms with E-state index in [1.165, 1.54) is 18.4 Å². The highest BCUT2D eigenvalue weighted by Gasteiger charge is 2.31. The van der Waals surface area contributed by atoms with Gasteiger partial charge in [0.15, 0.2) is 0 Å². The Labute approximate surface area is 146 Å². The number of hydrogen-bond acceptors (Lipinski definition) is 3. The fraction of sp³-hybridized carbons (Fsp3) is 0.650. The van der Waals surface area contributed by atoms with Gasteiger partial charge in [0, 0.05) is 12.6 Å². The van der Waals surface area contributed by atoms with Crippen molar-refractivity contribution in [1.29, 1.82) is 0 Å². The van der Waals surface area contributed by atoms with E-state index >= 15 is 0 Å². The predicted octanol–water partition coefficient (Wildman–Crippen LogP) is 4.07. The molecule has 0 bridgehead atoms. The first-order chi connectivity index (χ1) is 11.3. The average Bonchev–Trinajstić information content (AvgIpc) is 3.34. The molecule has 1 aliphatic rings. The van der Waals surface area contributed by atoms with Crippen LogP contribution in [0, 0.1) is 5.92 Å². The topological polar surface area (TPSA) is 50.4 Å². The Morgan fingerprint density at radius 2 is 1.92 bits per heavy atom. The van der Waals surface area contributed by atoms with Crippen molar-refractivity contribution in [1.82, 2.24) is 10.6 Å². The molecule has 0 heterocycles. The molecule has 4 nitrogen and oxygen atoms in total. The molecule has 2 atom stereocenters. The van der Waals surface area contributed by atoms with Gasteiger partial charge in [0.25, 0.3) is 0 Å². The number of amides is 1. The van der Waals surface area contributed by atoms with Crippen molar-refractivity contribution >= 4 is 6.09 Å². The molecule has 0 aliphatic heterocycles. The standard InChI is InChI=1S/C20H32N2O2/c1-15(16-8-6-5-7-9-16)12-13-21-18(17-10-11-17)14-22-19(23)24-20(2,3)4/h5-9,15,17-18,21H,10-14H2,1-4H3,(H,22,23). The maximum Gasteiger partial charge on any atom is 0.407 e. The number of hydrogen-bond donors (Lipinski definition) is 2. The Morgan fingerprint density at radius 1 is 1.25 bits per heavy atom. The van der Waals surface area contributed by atoms with Gasteiger partial charge in [-0.2, -0.15) is 0 Å². The van der Waals surface area contributed by atoms with Crippen molar-refractivity contribution in [2.75, 3.05) is 13.1 Å². The molecule has 1 amide bonds. The minimum Gasteiger partial charge on any atom is -0.444 e. The maximum atomic E-state index is 11.8. The second kappa shape index (κ2) is 8.52. The zero-order valence-corrected chi connectivity index (χ0v) is 15.5. The number of rotatable bonds is 8. The van der Waals surface area contributed by atoms with Crippen molar-refractivity contribution in [2.45, 2.75) is 64.5 Å². The van der Waals surface area contributed by atoms with Crippen molar-refractivity contribution < 1.29 is 9.53 Å². The SMILES string of the molecule is CC(CCNC(CNC(=O)OC(C)(C)C)C1CC1)c1ccccc1. The van der Waals surface area contributed by atoms with Crippen LogP contribution in [0.25, 0.3) is 0 Å². The van der Waals surface area contributed by atoms with Gasteiger partial charge in [-0.3, -0.25) is 0 Å². The van der Waals surface area contributed by atoms with Gasteiger partial charge in [0.2, 0.25) is 0 Å². The summed E-state index contributed by atoms with van der Waals surface area (Å²) in [6, 6.07) is 11.0. The average molecular weight is 332 g/mol. The number of carbonyl (C=O) groups is 1. The van der Waals surface area contributed by atoms with E-state index in [2.05, 4.69) is 47.9 Å². The van der Waals surface area contributed by atoms with E-state index in [9.17, 15) is 4.79 Å². The molecule has 24 heavy (non-hydrogen) atoms. The lowest BCUT2D eigenvalue weighted by molar-refractivity contribution is 0.0521. The molecule has 2 rings (SSSR count). The molecule has 0 radical (unpaired) electrons. The van der Waals surface area contributed by atoms with Gasteiger partial charge in [-0.1, -0.05) is 37.3 Å². The van der Waals surface area contributed by atoms with Crippen LogP contribution in [0.5, 0.6) is 0 Å². The molecular formula is C20H32N2O2. The maximum absolute atomic E-state index is 11.8. The summed E-state index contributed by atoms with van der Waals surface area (Å²) in [5.41, 5.74) is 0.937. The van der Waals surface area contributed by atoms with E-state index in [0.29, 0.717) is 24.4 Å². The molecule has 134 valence electrons. The summed E-state index contributed by atoms with van der Waals surface area (Å²) in [5.74, 6) is 1.23. The third-order valence-corrected chi connectivity index (χ3v) is 4.41. The van der Waals surface area contributed by atoms with Gasteiger partial charge in [0.1, 0.15) is 5.60 Å². The highest BCUT2D eigenvalue weighted by atomic mass is 16.6. The Morgan fingerprint density at radius 3 is 2.50 bits per heavy atom. The number of nitrogens with one attached hydrogen (secondary N) is 2. The zero-order chi connectivity index (χ0) is 17.6. The zero-order valence-electron chi connectivity index (χ0n) is 15.5. The van der Waals surface area contributed by atoms with Crippen LogP contribution < -0.4 is 10.6 Å². The first-order valence-corrected chi connectivity index (χ1v) is 9.10. The van der Waals surface area contributed by atoms with Gasteiger partial charge in [-0.25, -0.2) is 4.79 Å². The van der Waals surface area contributed by atoms with Crippen LogP contribution in [0.4, 0.5) is 4.79 Å². The Bertz CT molecular complexity index is 506. The van der Waals surface area contributed by atoms with Gasteiger partial charge in [-0.05, 0) is 64.0 Å². The molecule has 2 N–H and O–H groups in total. The second-order valence-electron chi connectivity index (χ2n) is 7.88. The van der Waals surface area contributed by atoms with Crippen molar-refractivity contribution in [2.24, 2.45) is 5.92 Å². The molecular weight excluding hydrogens is 300 g/mol. The second-order valence-corrected chi connectivity index (χ2v) is 7.88. The summed E-state index contributed by atoms with van der Waals surface area (Å²) in [6.45, 7) is 9.52. The summed E-state index contributed by atoms with van der Waals surface area (Å²) < 4.78 is 5.31. The van der Waals surface area contributed by atoms with Crippen LogP contribution in [-0.2, 0) is 4.74 Å². The van der Waals surface area contributed by atoms with Crippen molar-refractivity contribution in [3.05, 3.63) is 35.9 Å². The molecule has 4 heteroatoms. The van der Waals surface area contributed by atoms with Crippen molar-refractivity contribution in [3.63, 3.8) is 0 Å². The van der Waals surface area contributed by atoms with Crippen LogP contribution in [0.2, 0.25) is 0 Å². The Hall–Kier alpha value is -1.55. The van der Waals surface area contributed by atoms with Crippen LogP contribution in [0.1, 0.15) is 58.4 Å². The Balaban J connectivity index is 1.71. The molecule has 1 aliphatic carbocycles. The number of ether oxygens (including phenoxy) is 1. The third-order valence-electron chi connectivity index (χ3n) is 4.41. The lowest BCUT2D eigenvalue weighted by Crippen LogP contribution is -2.44. The fourth-order valence-electron chi connectivity index (χ4n) is 2.85. The molecule has 0 aromatic heterocycles. The molecule has 1 saturated carbocycles. The van der Waals surface area contributed by atoms with E-state index in [1.54, 1.807) is 0 Å². The van der Waals surface area contributed by atoms with Gasteiger partial charge >= 0.3 is 6.09 Å². The summed E-state index contributed by atoms with van der Waals surface area (Å²) in [6.07, 6.45) is 3.27. The number of alkyl carbamates (subject to hydrolysis) is 1. The van der Waals surface area contributed by atoms with Crippen LogP contribution >= 0.6 is 0 Å². The quantitative estimate of drug-likeness (QED) is 0.754. The van der Waals surface area contributed by atoms with Crippen LogP contribution in [0.3, 0.4) is 0 Å². The number of benzene rings is 1. The van der Waals surface area contributed by atoms with Crippen LogP contribution in [0.15, 0.2) is 30.3 Å². The van der Waals surface area contributed by atoms with Gasteiger partial charge in [-0.15, -0.1) is 0 Å². The van der Waals surface area contributed by atoms with E-state index < -0.39 is 5.60 Å². The lowest BCUT2D eigenvalue weighted by Gasteiger charge is -2.23. The highest BCUT2D eigenvalue weighted by Crippen LogP contribution is 2.32. The monoisotopic (exact) mass is 332 g/mol. The minimum atomic E-state index is -0.447. The molecule has 0 saturated heterocycles. The summed E-state index contributed by atoms with van der Waals surface area (Å²) in [7, 11) is 0. The lowest BCUT2D eigenvalue weighted by atomic mass is 9.98. The van der Waals surface area contributed by atoms with E-state index in [4.69, 9.17) is 4.74 Å². The van der Waals surface area contributed by atoms with E-state index in [-0.39, 0.29) is 6.09 Å². The normalized spacial score (nSPS) is 17.2. The van der Waals surface area contributed by atoms with Crippen molar-refractivity contribution in [3.8, 4) is 0 Å². The predicted molar refractivity (Wildman–Crippen MR) is 98.2 cm³/mol. The molecule has 1 aromatic carbocycles. The summed E-state index contributed by atoms with van der Waals surface area (Å²) in [4.78, 5) is 11.8. The first kappa shape index (κ1) is 18.8. The van der Waals surface area contributed by atoms with Gasteiger partial charge < -0.3 is 15.4 Å². The third kappa shape index (κ3) is 6.91. The smallest absolute Gasteiger partial charge is 0.407 e. The number of carbonyl (C=O) groups excluding carboxylic acids is 1. The summed E-state index contributed by atoms with van der Waals surface area (Å²) >= 11 is 0. The Kier molecular flexibility index (Phi) is 6.67.